The zero-order valence-electron chi connectivity index (χ0n) is 11.8. The second kappa shape index (κ2) is 6.38. The van der Waals surface area contributed by atoms with E-state index in [0.717, 1.165) is 17.7 Å². The first-order chi connectivity index (χ1) is 9.70. The van der Waals surface area contributed by atoms with Gasteiger partial charge in [-0.05, 0) is 30.9 Å². The fourth-order valence-electron chi connectivity index (χ4n) is 2.62. The Morgan fingerprint density at radius 3 is 2.75 bits per heavy atom. The lowest BCUT2D eigenvalue weighted by Crippen LogP contribution is -2.22. The van der Waals surface area contributed by atoms with E-state index in [2.05, 4.69) is 6.07 Å². The molecule has 0 aromatic heterocycles. The van der Waals surface area contributed by atoms with Crippen LogP contribution in [0.15, 0.2) is 42.2 Å². The third-order valence-electron chi connectivity index (χ3n) is 3.92. The predicted octanol–water partition coefficient (Wildman–Crippen LogP) is 3.41. The molecule has 20 heavy (non-hydrogen) atoms. The van der Waals surface area contributed by atoms with Crippen LogP contribution < -0.4 is 0 Å². The van der Waals surface area contributed by atoms with Crippen LogP contribution in [0.1, 0.15) is 31.2 Å². The molecule has 1 saturated carbocycles. The standard InChI is InChI=1S/C17H19NO2/c1-20-15(12-14-6-3-2-4-7-14)9-11-17(13-18)10-5-8-16(17)19/h2-4,6-7,9H,5,8,10-12H2,1H3/b15-9-/t17-/m0/s1. The van der Waals surface area contributed by atoms with Crippen LogP contribution >= 0.6 is 0 Å². The van der Waals surface area contributed by atoms with Gasteiger partial charge in [0.05, 0.1) is 18.9 Å². The molecule has 0 heterocycles. The van der Waals surface area contributed by atoms with Crippen LogP contribution in [-0.4, -0.2) is 12.9 Å². The Bertz CT molecular complexity index is 542. The Kier molecular flexibility index (Phi) is 4.57. The fraction of sp³-hybridized carbons (Fsp3) is 0.412. The predicted molar refractivity (Wildman–Crippen MR) is 76.8 cm³/mol. The van der Waals surface area contributed by atoms with Crippen molar-refractivity contribution in [2.75, 3.05) is 7.11 Å². The lowest BCUT2D eigenvalue weighted by atomic mass is 9.83. The third kappa shape index (κ3) is 3.08. The summed E-state index contributed by atoms with van der Waals surface area (Å²) in [5.41, 5.74) is 0.338. The maximum atomic E-state index is 11.9. The molecule has 0 bridgehead atoms. The van der Waals surface area contributed by atoms with Crippen molar-refractivity contribution in [3.63, 3.8) is 0 Å². The van der Waals surface area contributed by atoms with Crippen LogP contribution in [0.5, 0.6) is 0 Å². The SMILES string of the molecule is CO/C(=C\C[C@]1(C#N)CCCC1=O)Cc1ccccc1. The monoisotopic (exact) mass is 269 g/mol. The van der Waals surface area contributed by atoms with E-state index in [0.29, 0.717) is 25.7 Å². The van der Waals surface area contributed by atoms with Crippen molar-refractivity contribution < 1.29 is 9.53 Å². The van der Waals surface area contributed by atoms with Crippen LogP contribution in [0.3, 0.4) is 0 Å². The Morgan fingerprint density at radius 2 is 2.20 bits per heavy atom. The molecule has 3 heteroatoms. The largest absolute Gasteiger partial charge is 0.501 e. The number of hydrogen-bond donors (Lipinski definition) is 0. The Balaban J connectivity index is 2.08. The van der Waals surface area contributed by atoms with E-state index >= 15 is 0 Å². The van der Waals surface area contributed by atoms with E-state index in [1.165, 1.54) is 0 Å². The molecular formula is C17H19NO2. The number of ketones is 1. The van der Waals surface area contributed by atoms with E-state index in [9.17, 15) is 10.1 Å². The number of nitriles is 1. The average molecular weight is 269 g/mol. The topological polar surface area (TPSA) is 50.1 Å². The Hall–Kier alpha value is -2.08. The van der Waals surface area contributed by atoms with Gasteiger partial charge in [-0.25, -0.2) is 0 Å². The highest BCUT2D eigenvalue weighted by Gasteiger charge is 2.41. The summed E-state index contributed by atoms with van der Waals surface area (Å²) in [6, 6.07) is 12.2. The van der Waals surface area contributed by atoms with Crippen molar-refractivity contribution in [2.24, 2.45) is 5.41 Å². The van der Waals surface area contributed by atoms with Crippen molar-refractivity contribution in [2.45, 2.75) is 32.1 Å². The van der Waals surface area contributed by atoms with Gasteiger partial charge in [0.15, 0.2) is 5.78 Å². The summed E-state index contributed by atoms with van der Waals surface area (Å²) < 4.78 is 5.38. The number of hydrogen-bond acceptors (Lipinski definition) is 3. The van der Waals surface area contributed by atoms with Crippen LogP contribution in [-0.2, 0) is 16.0 Å². The molecule has 1 atom stereocenters. The van der Waals surface area contributed by atoms with Crippen LogP contribution in [0.2, 0.25) is 0 Å². The number of allylic oxidation sites excluding steroid dienone is 2. The molecule has 2 rings (SSSR count). The lowest BCUT2D eigenvalue weighted by molar-refractivity contribution is -0.123. The normalized spacial score (nSPS) is 22.6. The smallest absolute Gasteiger partial charge is 0.153 e. The summed E-state index contributed by atoms with van der Waals surface area (Å²) >= 11 is 0. The molecular weight excluding hydrogens is 250 g/mol. The maximum Gasteiger partial charge on any atom is 0.153 e. The summed E-state index contributed by atoms with van der Waals surface area (Å²) in [6.07, 6.45) is 5.07. The lowest BCUT2D eigenvalue weighted by Gasteiger charge is -2.17. The van der Waals surface area contributed by atoms with Gasteiger partial charge in [0, 0.05) is 12.8 Å². The molecule has 1 aromatic rings. The van der Waals surface area contributed by atoms with Gasteiger partial charge >= 0.3 is 0 Å². The van der Waals surface area contributed by atoms with E-state index in [-0.39, 0.29) is 5.78 Å². The van der Waals surface area contributed by atoms with Gasteiger partial charge < -0.3 is 4.74 Å². The number of nitrogens with zero attached hydrogens (tertiary/aromatic N) is 1. The molecule has 0 spiro atoms. The number of benzene rings is 1. The molecule has 0 aliphatic heterocycles. The molecule has 0 unspecified atom stereocenters. The summed E-state index contributed by atoms with van der Waals surface area (Å²) in [6.45, 7) is 0. The van der Waals surface area contributed by atoms with Gasteiger partial charge in [-0.2, -0.15) is 5.26 Å². The highest BCUT2D eigenvalue weighted by molar-refractivity contribution is 5.89. The fourth-order valence-corrected chi connectivity index (χ4v) is 2.62. The highest BCUT2D eigenvalue weighted by Crippen LogP contribution is 2.38. The first kappa shape index (κ1) is 14.3. The second-order valence-corrected chi connectivity index (χ2v) is 5.21. The molecule has 104 valence electrons. The zero-order chi connectivity index (χ0) is 14.4. The van der Waals surface area contributed by atoms with Gasteiger partial charge in [0.2, 0.25) is 0 Å². The average Bonchev–Trinajstić information content (AvgIpc) is 2.86. The summed E-state index contributed by atoms with van der Waals surface area (Å²) in [5.74, 6) is 0.886. The quantitative estimate of drug-likeness (QED) is 0.770. The van der Waals surface area contributed by atoms with Crippen molar-refractivity contribution in [1.29, 1.82) is 5.26 Å². The molecule has 0 N–H and O–H groups in total. The molecule has 0 amide bonds. The summed E-state index contributed by atoms with van der Waals surface area (Å²) in [5, 5.41) is 9.32. The molecule has 1 aliphatic rings. The van der Waals surface area contributed by atoms with Crippen molar-refractivity contribution in [3.8, 4) is 6.07 Å². The molecule has 0 saturated heterocycles. The number of Topliss-reactive ketones (excluding diaryl/α,β-unsaturated/α-hetero) is 1. The minimum atomic E-state index is -0.819. The third-order valence-corrected chi connectivity index (χ3v) is 3.92. The summed E-state index contributed by atoms with van der Waals surface area (Å²) in [7, 11) is 1.63. The van der Waals surface area contributed by atoms with Gasteiger partial charge in [-0.3, -0.25) is 4.79 Å². The van der Waals surface area contributed by atoms with Crippen LogP contribution in [0.4, 0.5) is 0 Å². The van der Waals surface area contributed by atoms with Crippen LogP contribution in [0, 0.1) is 16.7 Å². The van der Waals surface area contributed by atoms with Gasteiger partial charge in [0.25, 0.3) is 0 Å². The maximum absolute atomic E-state index is 11.9. The molecule has 0 radical (unpaired) electrons. The second-order valence-electron chi connectivity index (χ2n) is 5.21. The van der Waals surface area contributed by atoms with E-state index in [1.807, 2.05) is 36.4 Å². The number of carbonyl (C=O) groups is 1. The van der Waals surface area contributed by atoms with Crippen molar-refractivity contribution in [1.82, 2.24) is 0 Å². The Labute approximate surface area is 119 Å². The number of methoxy groups -OCH3 is 1. The number of rotatable bonds is 5. The first-order valence-corrected chi connectivity index (χ1v) is 6.92. The van der Waals surface area contributed by atoms with E-state index in [4.69, 9.17) is 4.74 Å². The molecule has 3 nitrogen and oxygen atoms in total. The Morgan fingerprint density at radius 1 is 1.45 bits per heavy atom. The zero-order valence-corrected chi connectivity index (χ0v) is 11.8. The highest BCUT2D eigenvalue weighted by atomic mass is 16.5. The van der Waals surface area contributed by atoms with E-state index < -0.39 is 5.41 Å². The molecule has 1 aromatic carbocycles. The minimum Gasteiger partial charge on any atom is -0.501 e. The van der Waals surface area contributed by atoms with Crippen molar-refractivity contribution in [3.05, 3.63) is 47.7 Å². The van der Waals surface area contributed by atoms with Gasteiger partial charge in [0.1, 0.15) is 5.41 Å². The van der Waals surface area contributed by atoms with E-state index in [1.54, 1.807) is 7.11 Å². The molecule has 1 fully saturated rings. The number of ether oxygens (including phenoxy) is 1. The number of carbonyl (C=O) groups excluding carboxylic acids is 1. The van der Waals surface area contributed by atoms with Gasteiger partial charge in [-0.1, -0.05) is 30.3 Å². The minimum absolute atomic E-state index is 0.0754. The van der Waals surface area contributed by atoms with Crippen molar-refractivity contribution >= 4 is 5.78 Å². The van der Waals surface area contributed by atoms with Crippen LogP contribution in [0.25, 0.3) is 0 Å². The van der Waals surface area contributed by atoms with Gasteiger partial charge in [-0.15, -0.1) is 0 Å². The summed E-state index contributed by atoms with van der Waals surface area (Å²) in [4.78, 5) is 11.9. The molecule has 1 aliphatic carbocycles. The first-order valence-electron chi connectivity index (χ1n) is 6.92.